The summed E-state index contributed by atoms with van der Waals surface area (Å²) in [6.45, 7) is 0. The van der Waals surface area contributed by atoms with Gasteiger partial charge in [0.15, 0.2) is 12.2 Å². The van der Waals surface area contributed by atoms with E-state index in [1.807, 2.05) is 0 Å². The number of halogens is 3. The topological polar surface area (TPSA) is 43.1 Å². The molecule has 0 bridgehead atoms. The standard InChI is InChI=1S/C18H12ClF2NO2/c19-16-4-2-13(20)7-12(16)8-14(23)5-11-1-3-15(17(21)6-11)18-9-22-10-24-18/h1-4,6-7,9-10H,5,8H2. The van der Waals surface area contributed by atoms with Crippen LogP contribution in [0.2, 0.25) is 5.02 Å². The van der Waals surface area contributed by atoms with Gasteiger partial charge in [-0.2, -0.15) is 0 Å². The van der Waals surface area contributed by atoms with Crippen molar-refractivity contribution in [3.63, 3.8) is 0 Å². The van der Waals surface area contributed by atoms with Crippen LogP contribution in [0.4, 0.5) is 8.78 Å². The summed E-state index contributed by atoms with van der Waals surface area (Å²) in [5, 5.41) is 0.330. The minimum atomic E-state index is -0.499. The number of hydrogen-bond acceptors (Lipinski definition) is 3. The molecule has 1 heterocycles. The van der Waals surface area contributed by atoms with Gasteiger partial charge in [-0.1, -0.05) is 17.7 Å². The maximum absolute atomic E-state index is 14.1. The van der Waals surface area contributed by atoms with Gasteiger partial charge in [-0.25, -0.2) is 13.8 Å². The molecule has 0 aliphatic heterocycles. The summed E-state index contributed by atoms with van der Waals surface area (Å²) in [7, 11) is 0. The fourth-order valence-electron chi connectivity index (χ4n) is 2.40. The Labute approximate surface area is 141 Å². The fourth-order valence-corrected chi connectivity index (χ4v) is 2.58. The van der Waals surface area contributed by atoms with E-state index in [1.165, 1.54) is 42.9 Å². The Morgan fingerprint density at radius 3 is 2.67 bits per heavy atom. The molecule has 3 rings (SSSR count). The first kappa shape index (κ1) is 16.3. The van der Waals surface area contributed by atoms with Crippen molar-refractivity contribution in [2.24, 2.45) is 0 Å². The van der Waals surface area contributed by atoms with Crippen molar-refractivity contribution < 1.29 is 18.0 Å². The van der Waals surface area contributed by atoms with Crippen LogP contribution >= 0.6 is 11.6 Å². The largest absolute Gasteiger partial charge is 0.443 e. The quantitative estimate of drug-likeness (QED) is 0.676. The van der Waals surface area contributed by atoms with Crippen LogP contribution in [0.5, 0.6) is 0 Å². The second-order valence-electron chi connectivity index (χ2n) is 5.31. The zero-order valence-electron chi connectivity index (χ0n) is 12.4. The van der Waals surface area contributed by atoms with Gasteiger partial charge in [0.1, 0.15) is 17.4 Å². The Morgan fingerprint density at radius 2 is 1.96 bits per heavy atom. The highest BCUT2D eigenvalue weighted by Crippen LogP contribution is 2.24. The number of nitrogens with zero attached hydrogens (tertiary/aromatic N) is 1. The molecule has 0 fully saturated rings. The lowest BCUT2D eigenvalue weighted by molar-refractivity contribution is -0.117. The van der Waals surface area contributed by atoms with Crippen LogP contribution in [-0.4, -0.2) is 10.8 Å². The summed E-state index contributed by atoms with van der Waals surface area (Å²) in [4.78, 5) is 15.9. The molecule has 3 nitrogen and oxygen atoms in total. The van der Waals surface area contributed by atoms with Gasteiger partial charge < -0.3 is 4.42 Å². The molecule has 0 saturated heterocycles. The SMILES string of the molecule is O=C(Cc1ccc(-c2cnco2)c(F)c1)Cc1cc(F)ccc1Cl. The maximum Gasteiger partial charge on any atom is 0.181 e. The Bertz CT molecular complexity index is 879. The normalized spacial score (nSPS) is 10.8. The van der Waals surface area contributed by atoms with Crippen molar-refractivity contribution in [1.82, 2.24) is 4.98 Å². The molecular formula is C18H12ClF2NO2. The average molecular weight is 348 g/mol. The highest BCUT2D eigenvalue weighted by Gasteiger charge is 2.13. The van der Waals surface area contributed by atoms with Crippen LogP contribution < -0.4 is 0 Å². The van der Waals surface area contributed by atoms with E-state index >= 15 is 0 Å². The van der Waals surface area contributed by atoms with Crippen molar-refractivity contribution in [2.75, 3.05) is 0 Å². The first-order chi connectivity index (χ1) is 11.5. The fraction of sp³-hybridized carbons (Fsp3) is 0.111. The van der Waals surface area contributed by atoms with Gasteiger partial charge in [0, 0.05) is 17.9 Å². The second-order valence-corrected chi connectivity index (χ2v) is 5.72. The van der Waals surface area contributed by atoms with Crippen molar-refractivity contribution in [3.8, 4) is 11.3 Å². The minimum Gasteiger partial charge on any atom is -0.443 e. The lowest BCUT2D eigenvalue weighted by Gasteiger charge is -2.06. The van der Waals surface area contributed by atoms with Crippen LogP contribution in [0.25, 0.3) is 11.3 Å². The highest BCUT2D eigenvalue weighted by atomic mass is 35.5. The molecule has 0 spiro atoms. The van der Waals surface area contributed by atoms with Crippen LogP contribution in [0.1, 0.15) is 11.1 Å². The molecule has 0 aliphatic rings. The third-order valence-electron chi connectivity index (χ3n) is 3.53. The average Bonchev–Trinajstić information content (AvgIpc) is 3.05. The predicted molar refractivity (Wildman–Crippen MR) is 85.7 cm³/mol. The number of benzene rings is 2. The molecule has 0 atom stereocenters. The van der Waals surface area contributed by atoms with Crippen molar-refractivity contribution >= 4 is 17.4 Å². The molecule has 2 aromatic carbocycles. The van der Waals surface area contributed by atoms with E-state index in [0.29, 0.717) is 21.9 Å². The summed E-state index contributed by atoms with van der Waals surface area (Å²) in [5.74, 6) is -0.822. The summed E-state index contributed by atoms with van der Waals surface area (Å²) in [6.07, 6.45) is 2.65. The van der Waals surface area contributed by atoms with E-state index < -0.39 is 11.6 Å². The molecule has 0 radical (unpaired) electrons. The van der Waals surface area contributed by atoms with E-state index in [0.717, 1.165) is 0 Å². The van der Waals surface area contributed by atoms with E-state index in [2.05, 4.69) is 4.98 Å². The molecule has 3 aromatic rings. The summed E-state index contributed by atoms with van der Waals surface area (Å²) < 4.78 is 32.4. The van der Waals surface area contributed by atoms with Gasteiger partial charge in [-0.3, -0.25) is 4.79 Å². The summed E-state index contributed by atoms with van der Waals surface area (Å²) in [5.41, 5.74) is 1.21. The third kappa shape index (κ3) is 3.68. The van der Waals surface area contributed by atoms with Crippen LogP contribution in [0, 0.1) is 11.6 Å². The minimum absolute atomic E-state index is 0.0118. The molecule has 6 heteroatoms. The molecule has 0 unspecified atom stereocenters. The third-order valence-corrected chi connectivity index (χ3v) is 3.90. The lowest BCUT2D eigenvalue weighted by Crippen LogP contribution is -2.07. The smallest absolute Gasteiger partial charge is 0.181 e. The first-order valence-corrected chi connectivity index (χ1v) is 7.53. The lowest BCUT2D eigenvalue weighted by atomic mass is 10.0. The van der Waals surface area contributed by atoms with Gasteiger partial charge in [-0.15, -0.1) is 0 Å². The van der Waals surface area contributed by atoms with E-state index in [4.69, 9.17) is 16.0 Å². The summed E-state index contributed by atoms with van der Waals surface area (Å²) >= 11 is 5.95. The number of aromatic nitrogens is 1. The molecule has 122 valence electrons. The Hall–Kier alpha value is -2.53. The number of Topliss-reactive ketones (excluding diaryl/α,β-unsaturated/α-hetero) is 1. The van der Waals surface area contributed by atoms with Gasteiger partial charge >= 0.3 is 0 Å². The van der Waals surface area contributed by atoms with Crippen molar-refractivity contribution in [2.45, 2.75) is 12.8 Å². The van der Waals surface area contributed by atoms with E-state index in [-0.39, 0.29) is 24.2 Å². The van der Waals surface area contributed by atoms with Gasteiger partial charge in [-0.05, 0) is 41.5 Å². The molecule has 0 N–H and O–H groups in total. The second kappa shape index (κ2) is 6.93. The summed E-state index contributed by atoms with van der Waals surface area (Å²) in [6, 6.07) is 8.33. The first-order valence-electron chi connectivity index (χ1n) is 7.16. The zero-order chi connectivity index (χ0) is 17.1. The number of carbonyl (C=O) groups is 1. The Balaban J connectivity index is 1.73. The van der Waals surface area contributed by atoms with Crippen molar-refractivity contribution in [1.29, 1.82) is 0 Å². The van der Waals surface area contributed by atoms with Gasteiger partial charge in [0.2, 0.25) is 0 Å². The van der Waals surface area contributed by atoms with Crippen LogP contribution in [0.15, 0.2) is 53.4 Å². The van der Waals surface area contributed by atoms with E-state index in [1.54, 1.807) is 6.07 Å². The maximum atomic E-state index is 14.1. The monoisotopic (exact) mass is 347 g/mol. The van der Waals surface area contributed by atoms with Crippen LogP contribution in [0.3, 0.4) is 0 Å². The number of oxazole rings is 1. The Morgan fingerprint density at radius 1 is 1.12 bits per heavy atom. The van der Waals surface area contributed by atoms with E-state index in [9.17, 15) is 13.6 Å². The van der Waals surface area contributed by atoms with Gasteiger partial charge in [0.05, 0.1) is 11.8 Å². The molecule has 0 aliphatic carbocycles. The number of rotatable bonds is 5. The predicted octanol–water partition coefficient (Wildman–Crippen LogP) is 4.63. The number of ketones is 1. The highest BCUT2D eigenvalue weighted by molar-refractivity contribution is 6.31. The molecule has 0 amide bonds. The van der Waals surface area contributed by atoms with Gasteiger partial charge in [0.25, 0.3) is 0 Å². The molecular weight excluding hydrogens is 336 g/mol. The molecule has 24 heavy (non-hydrogen) atoms. The zero-order valence-corrected chi connectivity index (χ0v) is 13.2. The Kier molecular flexibility index (Phi) is 4.71. The van der Waals surface area contributed by atoms with Crippen molar-refractivity contribution in [3.05, 3.63) is 76.8 Å². The van der Waals surface area contributed by atoms with Crippen LogP contribution in [-0.2, 0) is 17.6 Å². The number of hydrogen-bond donors (Lipinski definition) is 0. The molecule has 1 aromatic heterocycles. The molecule has 0 saturated carbocycles. The number of carbonyl (C=O) groups excluding carboxylic acids is 1.